The third-order valence-corrected chi connectivity index (χ3v) is 7.22. The molecule has 2 aromatic rings. The molecule has 2 amide bonds. The molecule has 5 rings (SSSR count). The second kappa shape index (κ2) is 8.89. The minimum atomic E-state index is -0.927. The Hall–Kier alpha value is -3.35. The Kier molecular flexibility index (Phi) is 5.79. The summed E-state index contributed by atoms with van der Waals surface area (Å²) in [6.45, 7) is 0.796. The fraction of sp³-hybridized carbons (Fsp3) is 0.423. The van der Waals surface area contributed by atoms with E-state index in [1.165, 1.54) is 27.2 Å². The van der Waals surface area contributed by atoms with Gasteiger partial charge in [0.15, 0.2) is 0 Å². The van der Waals surface area contributed by atoms with E-state index in [9.17, 15) is 19.5 Å². The molecule has 7 heteroatoms. The topological polar surface area (TPSA) is 95.9 Å². The molecule has 0 bridgehead atoms. The van der Waals surface area contributed by atoms with E-state index < -0.39 is 18.1 Å². The van der Waals surface area contributed by atoms with E-state index in [1.807, 2.05) is 24.3 Å². The normalized spacial score (nSPS) is 23.4. The number of carboxylic acid groups (broad SMARTS) is 1. The Labute approximate surface area is 192 Å². The van der Waals surface area contributed by atoms with Gasteiger partial charge in [0.05, 0.1) is 0 Å². The van der Waals surface area contributed by atoms with Crippen LogP contribution in [0.2, 0.25) is 0 Å². The minimum Gasteiger partial charge on any atom is -0.480 e. The zero-order chi connectivity index (χ0) is 22.9. The third kappa shape index (κ3) is 4.19. The molecule has 2 fully saturated rings. The number of aliphatic carboxylic acids is 1. The van der Waals surface area contributed by atoms with Crippen molar-refractivity contribution in [3.05, 3.63) is 59.7 Å². The van der Waals surface area contributed by atoms with Gasteiger partial charge in [0.25, 0.3) is 0 Å². The van der Waals surface area contributed by atoms with Gasteiger partial charge < -0.3 is 20.1 Å². The van der Waals surface area contributed by atoms with Crippen molar-refractivity contribution in [2.45, 2.75) is 50.1 Å². The summed E-state index contributed by atoms with van der Waals surface area (Å²) in [5.41, 5.74) is 4.74. The molecule has 1 unspecified atom stereocenters. The number of nitrogens with zero attached hydrogens (tertiary/aromatic N) is 1. The van der Waals surface area contributed by atoms with E-state index >= 15 is 0 Å². The van der Waals surface area contributed by atoms with Crippen molar-refractivity contribution in [3.8, 4) is 11.1 Å². The zero-order valence-corrected chi connectivity index (χ0v) is 18.4. The number of hydrogen-bond donors (Lipinski definition) is 2. The van der Waals surface area contributed by atoms with Crippen molar-refractivity contribution >= 4 is 18.0 Å². The molecule has 2 N–H and O–H groups in total. The van der Waals surface area contributed by atoms with Crippen LogP contribution in [-0.2, 0) is 14.3 Å². The molecule has 33 heavy (non-hydrogen) atoms. The van der Waals surface area contributed by atoms with Gasteiger partial charge in [-0.1, -0.05) is 48.5 Å². The second-order valence-electron chi connectivity index (χ2n) is 9.29. The van der Waals surface area contributed by atoms with E-state index in [-0.39, 0.29) is 30.4 Å². The fourth-order valence-electron chi connectivity index (χ4n) is 5.51. The summed E-state index contributed by atoms with van der Waals surface area (Å²) in [6.07, 6.45) is 2.59. The Balaban J connectivity index is 1.09. The molecule has 1 aliphatic heterocycles. The average Bonchev–Trinajstić information content (AvgIpc) is 3.40. The quantitative estimate of drug-likeness (QED) is 0.701. The van der Waals surface area contributed by atoms with Gasteiger partial charge in [-0.25, -0.2) is 9.59 Å². The molecule has 0 spiro atoms. The first-order valence-electron chi connectivity index (χ1n) is 11.6. The molecule has 0 radical (unpaired) electrons. The smallest absolute Gasteiger partial charge is 0.407 e. The number of amides is 2. The van der Waals surface area contributed by atoms with Crippen LogP contribution < -0.4 is 5.32 Å². The number of carbonyl (C=O) groups is 3. The van der Waals surface area contributed by atoms with Crippen molar-refractivity contribution in [1.29, 1.82) is 0 Å². The molecular formula is C26H28N2O5. The van der Waals surface area contributed by atoms with Gasteiger partial charge in [0, 0.05) is 24.9 Å². The number of hydrogen-bond acceptors (Lipinski definition) is 4. The van der Waals surface area contributed by atoms with E-state index in [4.69, 9.17) is 4.74 Å². The van der Waals surface area contributed by atoms with E-state index in [2.05, 4.69) is 29.6 Å². The Morgan fingerprint density at radius 1 is 1.00 bits per heavy atom. The van der Waals surface area contributed by atoms with Crippen molar-refractivity contribution in [2.24, 2.45) is 5.92 Å². The number of carbonyl (C=O) groups excluding carboxylic acids is 2. The molecule has 1 saturated heterocycles. The van der Waals surface area contributed by atoms with Crippen LogP contribution in [0.5, 0.6) is 0 Å². The molecule has 0 aromatic heterocycles. The lowest BCUT2D eigenvalue weighted by molar-refractivity contribution is -0.148. The van der Waals surface area contributed by atoms with Crippen molar-refractivity contribution in [3.63, 3.8) is 0 Å². The van der Waals surface area contributed by atoms with Gasteiger partial charge in [-0.15, -0.1) is 0 Å². The average molecular weight is 449 g/mol. The van der Waals surface area contributed by atoms with E-state index in [0.29, 0.717) is 32.2 Å². The summed E-state index contributed by atoms with van der Waals surface area (Å²) in [7, 11) is 0. The Morgan fingerprint density at radius 2 is 1.64 bits per heavy atom. The highest BCUT2D eigenvalue weighted by Crippen LogP contribution is 2.44. The molecule has 1 heterocycles. The number of benzene rings is 2. The highest BCUT2D eigenvalue weighted by molar-refractivity contribution is 5.84. The third-order valence-electron chi connectivity index (χ3n) is 7.22. The van der Waals surface area contributed by atoms with Crippen molar-refractivity contribution in [1.82, 2.24) is 10.2 Å². The standard InChI is InChI=1S/C26H28N2O5/c29-24(28-11-5-10-23(28)25(30)31)14-16-12-17(13-16)27-26(32)33-15-22-20-8-3-1-6-18(20)19-7-2-4-9-21(19)22/h1-4,6-9,16-17,22-23H,5,10-15H2,(H,27,32)(H,30,31). The lowest BCUT2D eigenvalue weighted by Crippen LogP contribution is -2.47. The van der Waals surface area contributed by atoms with Crippen LogP contribution in [0.25, 0.3) is 11.1 Å². The van der Waals surface area contributed by atoms with E-state index in [1.54, 1.807) is 0 Å². The van der Waals surface area contributed by atoms with Crippen molar-refractivity contribution in [2.75, 3.05) is 13.2 Å². The van der Waals surface area contributed by atoms with E-state index in [0.717, 1.165) is 6.42 Å². The summed E-state index contributed by atoms with van der Waals surface area (Å²) in [6, 6.07) is 15.7. The highest BCUT2D eigenvalue weighted by Gasteiger charge is 2.38. The molecule has 3 aliphatic rings. The predicted molar refractivity (Wildman–Crippen MR) is 122 cm³/mol. The monoisotopic (exact) mass is 448 g/mol. The number of nitrogens with one attached hydrogen (secondary N) is 1. The molecule has 7 nitrogen and oxygen atoms in total. The first kappa shape index (κ1) is 21.5. The number of alkyl carbamates (subject to hydrolysis) is 1. The SMILES string of the molecule is O=C(NC1CC(CC(=O)N2CCCC2C(=O)O)C1)OCC1c2ccccc2-c2ccccc21. The fourth-order valence-corrected chi connectivity index (χ4v) is 5.51. The van der Waals surface area contributed by atoms with Gasteiger partial charge >= 0.3 is 12.1 Å². The summed E-state index contributed by atoms with van der Waals surface area (Å²) >= 11 is 0. The Morgan fingerprint density at radius 3 is 2.27 bits per heavy atom. The van der Waals surface area contributed by atoms with Crippen LogP contribution >= 0.6 is 0 Å². The number of rotatable bonds is 6. The van der Waals surface area contributed by atoms with Crippen molar-refractivity contribution < 1.29 is 24.2 Å². The number of fused-ring (bicyclic) bond motifs is 3. The molecule has 2 aliphatic carbocycles. The maximum atomic E-state index is 12.5. The first-order valence-corrected chi connectivity index (χ1v) is 11.6. The van der Waals surface area contributed by atoms with Crippen LogP contribution in [0.15, 0.2) is 48.5 Å². The van der Waals surface area contributed by atoms with Gasteiger partial charge in [-0.05, 0) is 53.9 Å². The lowest BCUT2D eigenvalue weighted by atomic mass is 9.78. The maximum absolute atomic E-state index is 12.5. The molecular weight excluding hydrogens is 420 g/mol. The predicted octanol–water partition coefficient (Wildman–Crippen LogP) is 3.77. The lowest BCUT2D eigenvalue weighted by Gasteiger charge is -2.36. The first-order chi connectivity index (χ1) is 16.0. The second-order valence-corrected chi connectivity index (χ2v) is 9.29. The van der Waals surface area contributed by atoms with Gasteiger partial charge in [0.2, 0.25) is 5.91 Å². The van der Waals surface area contributed by atoms with Crippen LogP contribution in [0.4, 0.5) is 4.79 Å². The van der Waals surface area contributed by atoms with Crippen LogP contribution in [0, 0.1) is 5.92 Å². The van der Waals surface area contributed by atoms with Gasteiger partial charge in [0.1, 0.15) is 12.6 Å². The maximum Gasteiger partial charge on any atom is 0.407 e. The number of carboxylic acids is 1. The van der Waals surface area contributed by atoms with Crippen LogP contribution in [-0.4, -0.2) is 53.2 Å². The van der Waals surface area contributed by atoms with Crippen LogP contribution in [0.3, 0.4) is 0 Å². The summed E-state index contributed by atoms with van der Waals surface area (Å²) < 4.78 is 5.59. The van der Waals surface area contributed by atoms with Gasteiger partial charge in [-0.3, -0.25) is 4.79 Å². The number of likely N-dealkylation sites (tertiary alicyclic amines) is 1. The molecule has 2 aromatic carbocycles. The Bertz CT molecular complexity index is 1030. The summed E-state index contributed by atoms with van der Waals surface area (Å²) in [4.78, 5) is 37.7. The number of ether oxygens (including phenoxy) is 1. The van der Waals surface area contributed by atoms with Crippen LogP contribution in [0.1, 0.15) is 49.1 Å². The zero-order valence-electron chi connectivity index (χ0n) is 18.4. The summed E-state index contributed by atoms with van der Waals surface area (Å²) in [5.74, 6) is -0.822. The molecule has 172 valence electrons. The largest absolute Gasteiger partial charge is 0.480 e. The summed E-state index contributed by atoms with van der Waals surface area (Å²) in [5, 5.41) is 12.2. The highest BCUT2D eigenvalue weighted by atomic mass is 16.5. The molecule has 1 atom stereocenters. The molecule has 1 saturated carbocycles. The van der Waals surface area contributed by atoms with Gasteiger partial charge in [-0.2, -0.15) is 0 Å². The minimum absolute atomic E-state index is 0.00713.